The molecule has 1 rings (SSSR count). The zero-order valence-electron chi connectivity index (χ0n) is 8.17. The SMILES string of the molecule is O=C(O)Cc1cc(O)c(O)c(CC(=O)O)c1. The van der Waals surface area contributed by atoms with E-state index in [0.717, 1.165) is 6.07 Å². The van der Waals surface area contributed by atoms with E-state index in [1.54, 1.807) is 0 Å². The lowest BCUT2D eigenvalue weighted by atomic mass is 10.0. The number of aliphatic carboxylic acids is 2. The van der Waals surface area contributed by atoms with Gasteiger partial charge < -0.3 is 20.4 Å². The Labute approximate surface area is 90.4 Å². The Morgan fingerprint density at radius 1 is 1.00 bits per heavy atom. The fourth-order valence-corrected chi connectivity index (χ4v) is 1.32. The molecule has 0 bridgehead atoms. The fourth-order valence-electron chi connectivity index (χ4n) is 1.32. The molecule has 0 aliphatic rings. The molecule has 0 amide bonds. The molecule has 0 unspecified atom stereocenters. The minimum atomic E-state index is -1.18. The number of carboxylic acids is 2. The first-order chi connectivity index (χ1) is 7.40. The van der Waals surface area contributed by atoms with Gasteiger partial charge in [-0.2, -0.15) is 0 Å². The van der Waals surface area contributed by atoms with Crippen LogP contribution in [0.5, 0.6) is 11.5 Å². The molecular formula is C10H10O6. The van der Waals surface area contributed by atoms with Crippen LogP contribution >= 0.6 is 0 Å². The summed E-state index contributed by atoms with van der Waals surface area (Å²) in [6.07, 6.45) is -0.826. The van der Waals surface area contributed by atoms with Crippen molar-refractivity contribution >= 4 is 11.9 Å². The van der Waals surface area contributed by atoms with Crippen LogP contribution in [0.2, 0.25) is 0 Å². The zero-order chi connectivity index (χ0) is 12.3. The first kappa shape index (κ1) is 11.8. The summed E-state index contributed by atoms with van der Waals surface area (Å²) in [6, 6.07) is 2.34. The standard InChI is InChI=1S/C10H10O6/c11-7-2-5(3-8(12)13)1-6(10(7)16)4-9(14)15/h1-2,11,16H,3-4H2,(H,12,13)(H,14,15). The highest BCUT2D eigenvalue weighted by Gasteiger charge is 2.13. The molecule has 86 valence electrons. The molecule has 16 heavy (non-hydrogen) atoms. The van der Waals surface area contributed by atoms with Crippen LogP contribution in [-0.4, -0.2) is 32.4 Å². The Hall–Kier alpha value is -2.24. The maximum atomic E-state index is 10.5. The highest BCUT2D eigenvalue weighted by atomic mass is 16.4. The molecule has 0 spiro atoms. The largest absolute Gasteiger partial charge is 0.504 e. The van der Waals surface area contributed by atoms with Crippen LogP contribution in [0.25, 0.3) is 0 Å². The number of rotatable bonds is 4. The summed E-state index contributed by atoms with van der Waals surface area (Å²) >= 11 is 0. The molecule has 6 nitrogen and oxygen atoms in total. The lowest BCUT2D eigenvalue weighted by molar-refractivity contribution is -0.137. The Balaban J connectivity index is 3.11. The molecule has 0 atom stereocenters. The molecule has 0 fully saturated rings. The average molecular weight is 226 g/mol. The van der Waals surface area contributed by atoms with E-state index >= 15 is 0 Å². The van der Waals surface area contributed by atoms with Crippen molar-refractivity contribution in [2.45, 2.75) is 12.8 Å². The third-order valence-corrected chi connectivity index (χ3v) is 1.93. The topological polar surface area (TPSA) is 115 Å². The number of hydrogen-bond acceptors (Lipinski definition) is 4. The first-order valence-electron chi connectivity index (χ1n) is 4.37. The van der Waals surface area contributed by atoms with Gasteiger partial charge in [0.1, 0.15) is 0 Å². The molecule has 0 radical (unpaired) electrons. The first-order valence-corrected chi connectivity index (χ1v) is 4.37. The third-order valence-electron chi connectivity index (χ3n) is 1.93. The van der Waals surface area contributed by atoms with Crippen LogP contribution in [0.3, 0.4) is 0 Å². The van der Waals surface area contributed by atoms with Crippen molar-refractivity contribution in [1.29, 1.82) is 0 Å². The minimum Gasteiger partial charge on any atom is -0.504 e. The maximum Gasteiger partial charge on any atom is 0.307 e. The van der Waals surface area contributed by atoms with Crippen molar-refractivity contribution in [1.82, 2.24) is 0 Å². The van der Waals surface area contributed by atoms with Crippen LogP contribution < -0.4 is 0 Å². The quantitative estimate of drug-likeness (QED) is 0.551. The summed E-state index contributed by atoms with van der Waals surface area (Å²) in [5.74, 6) is -3.33. The van der Waals surface area contributed by atoms with E-state index < -0.39 is 29.9 Å². The molecule has 6 heteroatoms. The van der Waals surface area contributed by atoms with Crippen molar-refractivity contribution in [3.05, 3.63) is 23.3 Å². The number of carboxylic acid groups (broad SMARTS) is 2. The molecule has 0 heterocycles. The number of carbonyl (C=O) groups is 2. The van der Waals surface area contributed by atoms with Gasteiger partial charge in [0, 0.05) is 5.56 Å². The van der Waals surface area contributed by atoms with Gasteiger partial charge in [0.25, 0.3) is 0 Å². The maximum absolute atomic E-state index is 10.5. The van der Waals surface area contributed by atoms with Gasteiger partial charge in [-0.3, -0.25) is 9.59 Å². The van der Waals surface area contributed by atoms with Gasteiger partial charge in [-0.05, 0) is 11.6 Å². The Morgan fingerprint density at radius 3 is 2.06 bits per heavy atom. The highest BCUT2D eigenvalue weighted by molar-refractivity contribution is 5.74. The van der Waals surface area contributed by atoms with E-state index in [1.165, 1.54) is 6.07 Å². The van der Waals surface area contributed by atoms with Crippen LogP contribution in [0, 0.1) is 0 Å². The number of aromatic hydroxyl groups is 2. The van der Waals surface area contributed by atoms with E-state index in [0.29, 0.717) is 0 Å². The summed E-state index contributed by atoms with van der Waals surface area (Å²) < 4.78 is 0. The van der Waals surface area contributed by atoms with Crippen molar-refractivity contribution < 1.29 is 30.0 Å². The molecule has 4 N–H and O–H groups in total. The lowest BCUT2D eigenvalue weighted by Gasteiger charge is -2.07. The molecule has 0 saturated heterocycles. The highest BCUT2D eigenvalue weighted by Crippen LogP contribution is 2.31. The fraction of sp³-hybridized carbons (Fsp3) is 0.200. The number of phenols is 2. The second kappa shape index (κ2) is 4.52. The average Bonchev–Trinajstić information content (AvgIpc) is 2.11. The van der Waals surface area contributed by atoms with Gasteiger partial charge in [-0.1, -0.05) is 6.07 Å². The van der Waals surface area contributed by atoms with Crippen LogP contribution in [0.4, 0.5) is 0 Å². The van der Waals surface area contributed by atoms with E-state index in [-0.39, 0.29) is 17.5 Å². The predicted octanol–water partition coefficient (Wildman–Crippen LogP) is 0.352. The van der Waals surface area contributed by atoms with E-state index in [2.05, 4.69) is 0 Å². The zero-order valence-corrected chi connectivity index (χ0v) is 8.17. The number of benzene rings is 1. The molecule has 1 aromatic carbocycles. The second-order valence-electron chi connectivity index (χ2n) is 3.26. The monoisotopic (exact) mass is 226 g/mol. The number of phenolic OH excluding ortho intramolecular Hbond substituents is 2. The van der Waals surface area contributed by atoms with Crippen molar-refractivity contribution in [2.24, 2.45) is 0 Å². The summed E-state index contributed by atoms with van der Waals surface area (Å²) in [7, 11) is 0. The van der Waals surface area contributed by atoms with E-state index in [4.69, 9.17) is 10.2 Å². The van der Waals surface area contributed by atoms with Crippen molar-refractivity contribution in [3.63, 3.8) is 0 Å². The Morgan fingerprint density at radius 2 is 1.56 bits per heavy atom. The lowest BCUT2D eigenvalue weighted by Crippen LogP contribution is -2.04. The van der Waals surface area contributed by atoms with Gasteiger partial charge in [0.15, 0.2) is 11.5 Å². The molecule has 0 aliphatic heterocycles. The van der Waals surface area contributed by atoms with E-state index in [9.17, 15) is 19.8 Å². The van der Waals surface area contributed by atoms with Gasteiger partial charge in [0.05, 0.1) is 12.8 Å². The van der Waals surface area contributed by atoms with E-state index in [1.807, 2.05) is 0 Å². The predicted molar refractivity (Wildman–Crippen MR) is 52.5 cm³/mol. The van der Waals surface area contributed by atoms with Crippen molar-refractivity contribution in [2.75, 3.05) is 0 Å². The second-order valence-corrected chi connectivity index (χ2v) is 3.26. The molecule has 1 aromatic rings. The van der Waals surface area contributed by atoms with Crippen LogP contribution in [-0.2, 0) is 22.4 Å². The summed E-state index contributed by atoms with van der Waals surface area (Å²) in [5, 5.41) is 35.7. The third kappa shape index (κ3) is 2.88. The Bertz CT molecular complexity index is 437. The minimum absolute atomic E-state index is 0.0104. The molecular weight excluding hydrogens is 216 g/mol. The van der Waals surface area contributed by atoms with Gasteiger partial charge in [-0.25, -0.2) is 0 Å². The molecule has 0 aromatic heterocycles. The molecule has 0 saturated carbocycles. The summed E-state index contributed by atoms with van der Waals surface area (Å²) in [4.78, 5) is 20.9. The van der Waals surface area contributed by atoms with Crippen molar-refractivity contribution in [3.8, 4) is 11.5 Å². The summed E-state index contributed by atoms with van der Waals surface area (Å²) in [5.41, 5.74) is 0.225. The number of hydrogen-bond donors (Lipinski definition) is 4. The Kier molecular flexibility index (Phi) is 3.34. The van der Waals surface area contributed by atoms with Gasteiger partial charge in [-0.15, -0.1) is 0 Å². The normalized spacial score (nSPS) is 10.0. The molecule has 0 aliphatic carbocycles. The summed E-state index contributed by atoms with van der Waals surface area (Å²) in [6.45, 7) is 0. The van der Waals surface area contributed by atoms with Crippen LogP contribution in [0.15, 0.2) is 12.1 Å². The van der Waals surface area contributed by atoms with Gasteiger partial charge in [0.2, 0.25) is 0 Å². The smallest absolute Gasteiger partial charge is 0.307 e. The van der Waals surface area contributed by atoms with Crippen LogP contribution in [0.1, 0.15) is 11.1 Å². The van der Waals surface area contributed by atoms with Gasteiger partial charge >= 0.3 is 11.9 Å².